The van der Waals surface area contributed by atoms with E-state index < -0.39 is 0 Å². The first kappa shape index (κ1) is 12.6. The SMILES string of the molecule is Clc1cccc2nc(Nc3ccc4ccccc4c3)sc12. The van der Waals surface area contributed by atoms with Crippen molar-refractivity contribution in [2.75, 3.05) is 5.32 Å². The van der Waals surface area contributed by atoms with E-state index in [0.717, 1.165) is 26.1 Å². The van der Waals surface area contributed by atoms with E-state index in [-0.39, 0.29) is 0 Å². The van der Waals surface area contributed by atoms with E-state index in [2.05, 4.69) is 40.6 Å². The first-order valence-corrected chi connectivity index (χ1v) is 7.80. The van der Waals surface area contributed by atoms with Crippen LogP contribution in [0, 0.1) is 0 Å². The average molecular weight is 311 g/mol. The highest BCUT2D eigenvalue weighted by Gasteiger charge is 2.07. The number of hydrogen-bond acceptors (Lipinski definition) is 3. The lowest BCUT2D eigenvalue weighted by atomic mass is 10.1. The normalized spacial score (nSPS) is 11.1. The molecule has 0 aliphatic carbocycles. The lowest BCUT2D eigenvalue weighted by Crippen LogP contribution is -1.88. The Morgan fingerprint density at radius 2 is 1.76 bits per heavy atom. The van der Waals surface area contributed by atoms with Gasteiger partial charge in [0.25, 0.3) is 0 Å². The molecule has 21 heavy (non-hydrogen) atoms. The first-order chi connectivity index (χ1) is 10.3. The Morgan fingerprint density at radius 1 is 0.905 bits per heavy atom. The molecule has 0 bridgehead atoms. The van der Waals surface area contributed by atoms with Crippen molar-refractivity contribution in [1.82, 2.24) is 4.98 Å². The Morgan fingerprint density at radius 3 is 2.62 bits per heavy atom. The third kappa shape index (κ3) is 2.35. The summed E-state index contributed by atoms with van der Waals surface area (Å²) in [7, 11) is 0. The van der Waals surface area contributed by atoms with Gasteiger partial charge in [-0.15, -0.1) is 0 Å². The molecule has 0 saturated carbocycles. The van der Waals surface area contributed by atoms with Crippen molar-refractivity contribution < 1.29 is 0 Å². The van der Waals surface area contributed by atoms with E-state index in [9.17, 15) is 0 Å². The van der Waals surface area contributed by atoms with Gasteiger partial charge in [0, 0.05) is 5.69 Å². The van der Waals surface area contributed by atoms with Crippen LogP contribution in [0.25, 0.3) is 21.0 Å². The topological polar surface area (TPSA) is 24.9 Å². The van der Waals surface area contributed by atoms with Crippen molar-refractivity contribution in [1.29, 1.82) is 0 Å². The summed E-state index contributed by atoms with van der Waals surface area (Å²) in [6.07, 6.45) is 0. The number of nitrogens with one attached hydrogen (secondary N) is 1. The highest BCUT2D eigenvalue weighted by atomic mass is 35.5. The maximum atomic E-state index is 6.19. The number of thiazole rings is 1. The highest BCUT2D eigenvalue weighted by Crippen LogP contribution is 2.33. The summed E-state index contributed by atoms with van der Waals surface area (Å²) in [5.41, 5.74) is 1.96. The quantitative estimate of drug-likeness (QED) is 0.502. The molecule has 0 aliphatic heterocycles. The summed E-state index contributed by atoms with van der Waals surface area (Å²) in [4.78, 5) is 4.57. The Balaban J connectivity index is 1.73. The number of halogens is 1. The van der Waals surface area contributed by atoms with Crippen molar-refractivity contribution in [3.63, 3.8) is 0 Å². The van der Waals surface area contributed by atoms with Gasteiger partial charge in [-0.1, -0.05) is 59.3 Å². The maximum Gasteiger partial charge on any atom is 0.188 e. The average Bonchev–Trinajstić information content (AvgIpc) is 2.91. The van der Waals surface area contributed by atoms with E-state index in [1.54, 1.807) is 11.3 Å². The van der Waals surface area contributed by atoms with Crippen molar-refractivity contribution in [3.05, 3.63) is 65.7 Å². The number of fused-ring (bicyclic) bond motifs is 2. The lowest BCUT2D eigenvalue weighted by Gasteiger charge is -2.04. The van der Waals surface area contributed by atoms with Gasteiger partial charge in [-0.3, -0.25) is 0 Å². The highest BCUT2D eigenvalue weighted by molar-refractivity contribution is 7.22. The second-order valence-electron chi connectivity index (χ2n) is 4.79. The van der Waals surface area contributed by atoms with Crippen LogP contribution in [0.15, 0.2) is 60.7 Å². The summed E-state index contributed by atoms with van der Waals surface area (Å²) in [5, 5.41) is 7.40. The van der Waals surface area contributed by atoms with Gasteiger partial charge < -0.3 is 5.32 Å². The molecular formula is C17H11ClN2S. The van der Waals surface area contributed by atoms with Crippen molar-refractivity contribution in [2.24, 2.45) is 0 Å². The Hall–Kier alpha value is -2.10. The van der Waals surface area contributed by atoms with Gasteiger partial charge in [0.2, 0.25) is 0 Å². The van der Waals surface area contributed by atoms with Gasteiger partial charge in [0.15, 0.2) is 5.13 Å². The molecule has 3 aromatic carbocycles. The molecule has 0 fully saturated rings. The van der Waals surface area contributed by atoms with Crippen LogP contribution in [-0.4, -0.2) is 4.98 Å². The van der Waals surface area contributed by atoms with Crippen LogP contribution in [0.5, 0.6) is 0 Å². The standard InChI is InChI=1S/C17H11ClN2S/c18-14-6-3-7-15-16(14)21-17(20-15)19-13-9-8-11-4-1-2-5-12(11)10-13/h1-10H,(H,19,20). The van der Waals surface area contributed by atoms with E-state index in [4.69, 9.17) is 11.6 Å². The van der Waals surface area contributed by atoms with E-state index in [0.29, 0.717) is 0 Å². The van der Waals surface area contributed by atoms with Crippen molar-refractivity contribution >= 4 is 54.7 Å². The largest absolute Gasteiger partial charge is 0.332 e. The van der Waals surface area contributed by atoms with E-state index in [1.165, 1.54) is 10.8 Å². The molecule has 0 saturated heterocycles. The zero-order valence-corrected chi connectivity index (χ0v) is 12.6. The molecule has 0 spiro atoms. The fourth-order valence-corrected chi connectivity index (χ4v) is 3.53. The molecule has 0 atom stereocenters. The van der Waals surface area contributed by atoms with Gasteiger partial charge in [-0.05, 0) is 35.0 Å². The molecule has 0 amide bonds. The molecule has 1 aromatic heterocycles. The predicted octanol–water partition coefficient (Wildman–Crippen LogP) is 5.85. The minimum atomic E-state index is 0.747. The monoisotopic (exact) mass is 310 g/mol. The molecule has 2 nitrogen and oxygen atoms in total. The van der Waals surface area contributed by atoms with Crippen molar-refractivity contribution in [3.8, 4) is 0 Å². The summed E-state index contributed by atoms with van der Waals surface area (Å²) in [5.74, 6) is 0. The number of hydrogen-bond donors (Lipinski definition) is 1. The van der Waals surface area contributed by atoms with Crippen LogP contribution in [0.1, 0.15) is 0 Å². The zero-order chi connectivity index (χ0) is 14.2. The van der Waals surface area contributed by atoms with Crippen LogP contribution >= 0.6 is 22.9 Å². The van der Waals surface area contributed by atoms with Crippen LogP contribution in [0.4, 0.5) is 10.8 Å². The van der Waals surface area contributed by atoms with E-state index in [1.807, 2.05) is 30.3 Å². The molecule has 1 N–H and O–H groups in total. The summed E-state index contributed by atoms with van der Waals surface area (Å²) < 4.78 is 1.02. The van der Waals surface area contributed by atoms with Crippen LogP contribution < -0.4 is 5.32 Å². The lowest BCUT2D eigenvalue weighted by molar-refractivity contribution is 1.45. The summed E-state index contributed by atoms with van der Waals surface area (Å²) >= 11 is 7.76. The van der Waals surface area contributed by atoms with Crippen LogP contribution in [-0.2, 0) is 0 Å². The number of rotatable bonds is 2. The third-order valence-corrected chi connectivity index (χ3v) is 4.81. The Kier molecular flexibility index (Phi) is 3.02. The molecular weight excluding hydrogens is 300 g/mol. The predicted molar refractivity (Wildman–Crippen MR) is 91.9 cm³/mol. The smallest absolute Gasteiger partial charge is 0.188 e. The second kappa shape index (κ2) is 5.02. The van der Waals surface area contributed by atoms with E-state index >= 15 is 0 Å². The number of anilines is 2. The molecule has 0 aliphatic rings. The fraction of sp³-hybridized carbons (Fsp3) is 0. The summed E-state index contributed by atoms with van der Waals surface area (Å²) in [6, 6.07) is 20.4. The van der Waals surface area contributed by atoms with Gasteiger partial charge in [-0.2, -0.15) is 0 Å². The Bertz CT molecular complexity index is 946. The molecule has 0 radical (unpaired) electrons. The molecule has 0 unspecified atom stereocenters. The molecule has 4 rings (SSSR count). The molecule has 4 heteroatoms. The molecule has 1 heterocycles. The van der Waals surface area contributed by atoms with Gasteiger partial charge in [0.05, 0.1) is 15.2 Å². The van der Waals surface area contributed by atoms with Gasteiger partial charge >= 0.3 is 0 Å². The number of nitrogens with zero attached hydrogens (tertiary/aromatic N) is 1. The summed E-state index contributed by atoms with van der Waals surface area (Å²) in [6.45, 7) is 0. The molecule has 4 aromatic rings. The number of benzene rings is 3. The zero-order valence-electron chi connectivity index (χ0n) is 11.0. The van der Waals surface area contributed by atoms with Gasteiger partial charge in [0.1, 0.15) is 0 Å². The number of aromatic nitrogens is 1. The fourth-order valence-electron chi connectivity index (χ4n) is 2.36. The maximum absolute atomic E-state index is 6.19. The first-order valence-electron chi connectivity index (χ1n) is 6.60. The van der Waals surface area contributed by atoms with Crippen molar-refractivity contribution in [2.45, 2.75) is 0 Å². The van der Waals surface area contributed by atoms with Gasteiger partial charge in [-0.25, -0.2) is 4.98 Å². The third-order valence-electron chi connectivity index (χ3n) is 3.37. The molecule has 102 valence electrons. The Labute approximate surface area is 131 Å². The minimum Gasteiger partial charge on any atom is -0.332 e. The van der Waals surface area contributed by atoms with Crippen LogP contribution in [0.3, 0.4) is 0 Å². The van der Waals surface area contributed by atoms with Crippen LogP contribution in [0.2, 0.25) is 5.02 Å². The minimum absolute atomic E-state index is 0.747. The second-order valence-corrected chi connectivity index (χ2v) is 6.20.